The summed E-state index contributed by atoms with van der Waals surface area (Å²) in [6.07, 6.45) is 1.87. The highest BCUT2D eigenvalue weighted by molar-refractivity contribution is 5.37. The zero-order chi connectivity index (χ0) is 11.3. The Hall–Kier alpha value is -1.02. The zero-order valence-corrected chi connectivity index (χ0v) is 9.80. The fraction of sp³-hybridized carbons (Fsp3) is 0.500. The minimum absolute atomic E-state index is 0.410. The Labute approximate surface area is 87.8 Å². The first-order valence-electron chi connectivity index (χ1n) is 4.81. The highest BCUT2D eigenvalue weighted by atomic mass is 15.1. The van der Waals surface area contributed by atoms with Crippen LogP contribution in [0.25, 0.3) is 0 Å². The van der Waals surface area contributed by atoms with Gasteiger partial charge in [-0.2, -0.15) is 0 Å². The molecule has 0 aromatic heterocycles. The highest BCUT2D eigenvalue weighted by Gasteiger charge is 2.09. The Morgan fingerprint density at radius 3 is 2.29 bits per heavy atom. The molecule has 0 rings (SSSR count). The molecular formula is C12H22N2. The summed E-state index contributed by atoms with van der Waals surface area (Å²) < 4.78 is 0. The molecule has 0 aliphatic heterocycles. The number of hydrogen-bond donors (Lipinski definition) is 1. The van der Waals surface area contributed by atoms with E-state index in [4.69, 9.17) is 5.73 Å². The van der Waals surface area contributed by atoms with Gasteiger partial charge in [-0.3, -0.25) is 0 Å². The number of nitrogens with zero attached hydrogens (tertiary/aromatic N) is 1. The quantitative estimate of drug-likeness (QED) is 0.680. The summed E-state index contributed by atoms with van der Waals surface area (Å²) in [5.74, 6) is 0.410. The van der Waals surface area contributed by atoms with Gasteiger partial charge in [0, 0.05) is 12.2 Å². The average Bonchev–Trinajstić information content (AvgIpc) is 2.00. The van der Waals surface area contributed by atoms with Crippen molar-refractivity contribution >= 4 is 0 Å². The Balaban J connectivity index is 4.33. The third kappa shape index (κ3) is 4.87. The van der Waals surface area contributed by atoms with Gasteiger partial charge in [0.2, 0.25) is 0 Å². The lowest BCUT2D eigenvalue weighted by Gasteiger charge is -2.19. The van der Waals surface area contributed by atoms with Crippen molar-refractivity contribution in [3.05, 3.63) is 36.1 Å². The topological polar surface area (TPSA) is 29.3 Å². The van der Waals surface area contributed by atoms with Crippen LogP contribution in [0.15, 0.2) is 36.1 Å². The molecule has 2 heteroatoms. The molecule has 0 aliphatic rings. The van der Waals surface area contributed by atoms with Gasteiger partial charge < -0.3 is 10.6 Å². The summed E-state index contributed by atoms with van der Waals surface area (Å²) in [5.41, 5.74) is 8.34. The lowest BCUT2D eigenvalue weighted by molar-refractivity contribution is 0.365. The molecule has 0 aromatic rings. The number of hydrogen-bond acceptors (Lipinski definition) is 2. The van der Waals surface area contributed by atoms with Gasteiger partial charge in [0.25, 0.3) is 0 Å². The van der Waals surface area contributed by atoms with Crippen molar-refractivity contribution < 1.29 is 0 Å². The SMILES string of the molecule is C=C(/C=C(\C)N)C(=C)C(C)CN(C)C. The fourth-order valence-electron chi connectivity index (χ4n) is 1.34. The summed E-state index contributed by atoms with van der Waals surface area (Å²) in [6.45, 7) is 13.0. The maximum absolute atomic E-state index is 5.58. The van der Waals surface area contributed by atoms with Crippen LogP contribution in [-0.2, 0) is 0 Å². The van der Waals surface area contributed by atoms with Crippen LogP contribution in [0.5, 0.6) is 0 Å². The van der Waals surface area contributed by atoms with E-state index < -0.39 is 0 Å². The van der Waals surface area contributed by atoms with Crippen LogP contribution < -0.4 is 5.73 Å². The van der Waals surface area contributed by atoms with Gasteiger partial charge in [-0.25, -0.2) is 0 Å². The molecule has 0 radical (unpaired) electrons. The molecule has 14 heavy (non-hydrogen) atoms. The van der Waals surface area contributed by atoms with Crippen LogP contribution in [-0.4, -0.2) is 25.5 Å². The van der Waals surface area contributed by atoms with Crippen molar-refractivity contribution in [1.82, 2.24) is 4.90 Å². The summed E-state index contributed by atoms with van der Waals surface area (Å²) in [5, 5.41) is 0. The number of rotatable bonds is 5. The second kappa shape index (κ2) is 5.66. The van der Waals surface area contributed by atoms with E-state index in [1.54, 1.807) is 0 Å². The number of nitrogens with two attached hydrogens (primary N) is 1. The van der Waals surface area contributed by atoms with Gasteiger partial charge in [-0.1, -0.05) is 20.1 Å². The zero-order valence-electron chi connectivity index (χ0n) is 9.80. The lowest BCUT2D eigenvalue weighted by Crippen LogP contribution is -2.21. The maximum atomic E-state index is 5.58. The Kier molecular flexibility index (Phi) is 5.24. The monoisotopic (exact) mass is 194 g/mol. The summed E-state index contributed by atoms with van der Waals surface area (Å²) >= 11 is 0. The van der Waals surface area contributed by atoms with Crippen molar-refractivity contribution in [1.29, 1.82) is 0 Å². The molecule has 2 nitrogen and oxygen atoms in total. The molecule has 2 N–H and O–H groups in total. The van der Waals surface area contributed by atoms with E-state index >= 15 is 0 Å². The minimum Gasteiger partial charge on any atom is -0.402 e. The van der Waals surface area contributed by atoms with Gasteiger partial charge in [0.05, 0.1) is 0 Å². The van der Waals surface area contributed by atoms with Crippen molar-refractivity contribution in [3.63, 3.8) is 0 Å². The molecular weight excluding hydrogens is 172 g/mol. The third-order valence-corrected chi connectivity index (χ3v) is 2.05. The van der Waals surface area contributed by atoms with Crippen LogP contribution in [0.1, 0.15) is 13.8 Å². The van der Waals surface area contributed by atoms with E-state index in [0.717, 1.165) is 23.4 Å². The second-order valence-corrected chi connectivity index (χ2v) is 4.10. The summed E-state index contributed by atoms with van der Waals surface area (Å²) in [6, 6.07) is 0. The standard InChI is InChI=1S/C12H22N2/c1-9(7-11(3)13)12(4)10(2)8-14(5)6/h7,10H,1,4,8,13H2,2-3,5-6H3/b11-7+. The molecule has 0 heterocycles. The van der Waals surface area contributed by atoms with E-state index in [0.29, 0.717) is 5.92 Å². The van der Waals surface area contributed by atoms with E-state index in [1.165, 1.54) is 0 Å². The highest BCUT2D eigenvalue weighted by Crippen LogP contribution is 2.18. The second-order valence-electron chi connectivity index (χ2n) is 4.10. The Morgan fingerprint density at radius 1 is 1.43 bits per heavy atom. The smallest absolute Gasteiger partial charge is 0.00547 e. The normalized spacial score (nSPS) is 14.2. The van der Waals surface area contributed by atoms with Crippen LogP contribution in [0.4, 0.5) is 0 Å². The molecule has 0 aromatic carbocycles. The van der Waals surface area contributed by atoms with Gasteiger partial charge in [-0.15, -0.1) is 0 Å². The van der Waals surface area contributed by atoms with E-state index in [-0.39, 0.29) is 0 Å². The first-order chi connectivity index (χ1) is 6.34. The van der Waals surface area contributed by atoms with Crippen molar-refractivity contribution in [2.45, 2.75) is 13.8 Å². The molecule has 0 amide bonds. The molecule has 0 aliphatic carbocycles. The summed E-state index contributed by atoms with van der Waals surface area (Å²) in [4.78, 5) is 2.14. The van der Waals surface area contributed by atoms with Gasteiger partial charge in [0.15, 0.2) is 0 Å². The van der Waals surface area contributed by atoms with Crippen LogP contribution in [0.3, 0.4) is 0 Å². The summed E-state index contributed by atoms with van der Waals surface area (Å²) in [7, 11) is 4.10. The number of allylic oxidation sites excluding steroid dienone is 3. The van der Waals surface area contributed by atoms with Gasteiger partial charge >= 0.3 is 0 Å². The van der Waals surface area contributed by atoms with Crippen LogP contribution in [0, 0.1) is 5.92 Å². The first kappa shape index (κ1) is 13.0. The average molecular weight is 194 g/mol. The third-order valence-electron chi connectivity index (χ3n) is 2.05. The molecule has 0 saturated carbocycles. The molecule has 0 bridgehead atoms. The molecule has 1 atom stereocenters. The molecule has 1 unspecified atom stereocenters. The van der Waals surface area contributed by atoms with Crippen molar-refractivity contribution in [2.75, 3.05) is 20.6 Å². The first-order valence-corrected chi connectivity index (χ1v) is 4.81. The van der Waals surface area contributed by atoms with E-state index in [2.05, 4.69) is 39.1 Å². The minimum atomic E-state index is 0.410. The maximum Gasteiger partial charge on any atom is 0.00547 e. The van der Waals surface area contributed by atoms with Gasteiger partial charge in [-0.05, 0) is 44.2 Å². The van der Waals surface area contributed by atoms with Crippen molar-refractivity contribution in [2.24, 2.45) is 11.7 Å². The van der Waals surface area contributed by atoms with Crippen LogP contribution >= 0.6 is 0 Å². The molecule has 80 valence electrons. The largest absolute Gasteiger partial charge is 0.402 e. The molecule has 0 spiro atoms. The van der Waals surface area contributed by atoms with E-state index in [9.17, 15) is 0 Å². The predicted octanol–water partition coefficient (Wildman–Crippen LogP) is 2.16. The lowest BCUT2D eigenvalue weighted by atomic mass is 9.95. The van der Waals surface area contributed by atoms with Crippen molar-refractivity contribution in [3.8, 4) is 0 Å². The Morgan fingerprint density at radius 2 is 1.93 bits per heavy atom. The fourth-order valence-corrected chi connectivity index (χ4v) is 1.34. The van der Waals surface area contributed by atoms with Gasteiger partial charge in [0.1, 0.15) is 0 Å². The Bertz CT molecular complexity index is 245. The van der Waals surface area contributed by atoms with Crippen LogP contribution in [0.2, 0.25) is 0 Å². The molecule has 0 saturated heterocycles. The predicted molar refractivity (Wildman–Crippen MR) is 63.9 cm³/mol. The van der Waals surface area contributed by atoms with E-state index in [1.807, 2.05) is 13.0 Å². The molecule has 0 fully saturated rings.